The van der Waals surface area contributed by atoms with Gasteiger partial charge in [-0.3, -0.25) is 9.69 Å². The Morgan fingerprint density at radius 3 is 2.75 bits per heavy atom. The van der Waals surface area contributed by atoms with Gasteiger partial charge in [-0.1, -0.05) is 0 Å². The third kappa shape index (κ3) is 3.36. The molecular formula is C20H21F2N5O. The minimum Gasteiger partial charge on any atom is -0.396 e. The maximum Gasteiger partial charge on any atom is 0.201 e. The molecule has 3 heterocycles. The summed E-state index contributed by atoms with van der Waals surface area (Å²) in [5, 5.41) is 0.540. The Hall–Kier alpha value is -2.84. The average molecular weight is 385 g/mol. The van der Waals surface area contributed by atoms with E-state index in [2.05, 4.69) is 26.8 Å². The van der Waals surface area contributed by atoms with E-state index < -0.39 is 23.0 Å². The number of aromatic amines is 1. The van der Waals surface area contributed by atoms with Crippen molar-refractivity contribution in [3.8, 4) is 0 Å². The van der Waals surface area contributed by atoms with Crippen LogP contribution >= 0.6 is 0 Å². The Labute approximate surface area is 160 Å². The number of hydrogen-bond acceptors (Lipinski definition) is 5. The lowest BCUT2D eigenvalue weighted by molar-refractivity contribution is 0.103. The van der Waals surface area contributed by atoms with Gasteiger partial charge >= 0.3 is 0 Å². The summed E-state index contributed by atoms with van der Waals surface area (Å²) in [6.07, 6.45) is 3.19. The van der Waals surface area contributed by atoms with Gasteiger partial charge < -0.3 is 15.6 Å². The van der Waals surface area contributed by atoms with Crippen LogP contribution in [0.3, 0.4) is 0 Å². The van der Waals surface area contributed by atoms with E-state index in [4.69, 9.17) is 5.73 Å². The van der Waals surface area contributed by atoms with E-state index in [9.17, 15) is 13.6 Å². The SMILES string of the molecule is CN1CCN(Cc2cnc3[nH]cc(C(=O)c4c(F)ccc(N)c4F)c3c2)CC1. The number of aromatic nitrogens is 2. The Morgan fingerprint density at radius 1 is 1.25 bits per heavy atom. The minimum atomic E-state index is -1.04. The van der Waals surface area contributed by atoms with Gasteiger partial charge in [0.25, 0.3) is 0 Å². The highest BCUT2D eigenvalue weighted by atomic mass is 19.1. The highest BCUT2D eigenvalue weighted by molar-refractivity contribution is 6.16. The lowest BCUT2D eigenvalue weighted by Gasteiger charge is -2.32. The number of H-pyrrole nitrogens is 1. The normalized spacial score (nSPS) is 16.0. The zero-order valence-corrected chi connectivity index (χ0v) is 15.5. The molecule has 1 saturated heterocycles. The van der Waals surface area contributed by atoms with E-state index in [0.29, 0.717) is 17.6 Å². The molecule has 1 aliphatic heterocycles. The molecule has 0 bridgehead atoms. The van der Waals surface area contributed by atoms with Crippen molar-refractivity contribution in [1.82, 2.24) is 19.8 Å². The van der Waals surface area contributed by atoms with Gasteiger partial charge in [-0.15, -0.1) is 0 Å². The highest BCUT2D eigenvalue weighted by Gasteiger charge is 2.24. The van der Waals surface area contributed by atoms with Crippen LogP contribution in [0.1, 0.15) is 21.5 Å². The monoisotopic (exact) mass is 385 g/mol. The maximum absolute atomic E-state index is 14.3. The second-order valence-electron chi connectivity index (χ2n) is 7.18. The number of likely N-dealkylation sites (N-methyl/N-ethyl adjacent to an activating group) is 1. The highest BCUT2D eigenvalue weighted by Crippen LogP contribution is 2.26. The van der Waals surface area contributed by atoms with Crippen LogP contribution in [0, 0.1) is 11.6 Å². The van der Waals surface area contributed by atoms with Crippen molar-refractivity contribution in [2.24, 2.45) is 0 Å². The first-order valence-electron chi connectivity index (χ1n) is 9.09. The number of ketones is 1. The molecule has 0 unspecified atom stereocenters. The molecule has 1 aliphatic rings. The zero-order valence-electron chi connectivity index (χ0n) is 15.5. The number of nitrogen functional groups attached to an aromatic ring is 1. The molecule has 146 valence electrons. The number of nitrogens with one attached hydrogen (secondary N) is 1. The molecule has 2 aromatic heterocycles. The summed E-state index contributed by atoms with van der Waals surface area (Å²) in [4.78, 5) is 24.7. The predicted molar refractivity (Wildman–Crippen MR) is 103 cm³/mol. The van der Waals surface area contributed by atoms with Gasteiger partial charge in [-0.05, 0) is 30.8 Å². The molecule has 0 amide bonds. The van der Waals surface area contributed by atoms with E-state index in [1.807, 2.05) is 6.07 Å². The molecule has 28 heavy (non-hydrogen) atoms. The molecule has 4 rings (SSSR count). The molecule has 8 heteroatoms. The molecule has 3 aromatic rings. The van der Waals surface area contributed by atoms with Crippen molar-refractivity contribution in [1.29, 1.82) is 0 Å². The fourth-order valence-electron chi connectivity index (χ4n) is 3.50. The number of hydrogen-bond donors (Lipinski definition) is 2. The van der Waals surface area contributed by atoms with Crippen molar-refractivity contribution < 1.29 is 13.6 Å². The maximum atomic E-state index is 14.3. The molecule has 0 atom stereocenters. The lowest BCUT2D eigenvalue weighted by atomic mass is 10.0. The molecule has 0 radical (unpaired) electrons. The van der Waals surface area contributed by atoms with Crippen LogP contribution in [-0.2, 0) is 6.54 Å². The molecule has 0 spiro atoms. The Balaban J connectivity index is 1.67. The van der Waals surface area contributed by atoms with Gasteiger partial charge in [0.2, 0.25) is 5.78 Å². The average Bonchev–Trinajstić information content (AvgIpc) is 3.10. The first kappa shape index (κ1) is 18.5. The second-order valence-corrected chi connectivity index (χ2v) is 7.18. The van der Waals surface area contributed by atoms with Crippen LogP contribution in [0.4, 0.5) is 14.5 Å². The Kier molecular flexibility index (Phi) is 4.82. The smallest absolute Gasteiger partial charge is 0.201 e. The molecule has 3 N–H and O–H groups in total. The van der Waals surface area contributed by atoms with Crippen LogP contribution < -0.4 is 5.73 Å². The van der Waals surface area contributed by atoms with Gasteiger partial charge in [-0.2, -0.15) is 0 Å². The van der Waals surface area contributed by atoms with E-state index in [-0.39, 0.29) is 11.3 Å². The summed E-state index contributed by atoms with van der Waals surface area (Å²) in [7, 11) is 2.09. The first-order chi connectivity index (χ1) is 13.4. The number of piperazine rings is 1. The van der Waals surface area contributed by atoms with Gasteiger partial charge in [-0.25, -0.2) is 13.8 Å². The van der Waals surface area contributed by atoms with Crippen molar-refractivity contribution in [3.05, 3.63) is 58.9 Å². The second kappa shape index (κ2) is 7.29. The zero-order chi connectivity index (χ0) is 19.8. The third-order valence-electron chi connectivity index (χ3n) is 5.18. The topological polar surface area (TPSA) is 78.2 Å². The van der Waals surface area contributed by atoms with Gasteiger partial charge in [0.05, 0.1) is 11.3 Å². The summed E-state index contributed by atoms with van der Waals surface area (Å²) in [5.41, 5.74) is 6.21. The fourth-order valence-corrected chi connectivity index (χ4v) is 3.50. The Bertz CT molecular complexity index is 1040. The fraction of sp³-hybridized carbons (Fsp3) is 0.300. The number of anilines is 1. The van der Waals surface area contributed by atoms with Gasteiger partial charge in [0.15, 0.2) is 5.82 Å². The number of carbonyl (C=O) groups excluding carboxylic acids is 1. The van der Waals surface area contributed by atoms with E-state index >= 15 is 0 Å². The van der Waals surface area contributed by atoms with Crippen molar-refractivity contribution >= 4 is 22.5 Å². The number of halogens is 2. The van der Waals surface area contributed by atoms with E-state index in [0.717, 1.165) is 43.9 Å². The summed E-state index contributed by atoms with van der Waals surface area (Å²) >= 11 is 0. The number of rotatable bonds is 4. The molecule has 0 saturated carbocycles. The summed E-state index contributed by atoms with van der Waals surface area (Å²) in [6.45, 7) is 4.60. The van der Waals surface area contributed by atoms with Gasteiger partial charge in [0, 0.05) is 56.1 Å². The van der Waals surface area contributed by atoms with Crippen molar-refractivity contribution in [2.45, 2.75) is 6.54 Å². The predicted octanol–water partition coefficient (Wildman–Crippen LogP) is 2.40. The van der Waals surface area contributed by atoms with E-state index in [1.54, 1.807) is 6.20 Å². The van der Waals surface area contributed by atoms with Gasteiger partial charge in [0.1, 0.15) is 11.5 Å². The van der Waals surface area contributed by atoms with Crippen LogP contribution in [0.15, 0.2) is 30.6 Å². The van der Waals surface area contributed by atoms with E-state index in [1.165, 1.54) is 6.20 Å². The lowest BCUT2D eigenvalue weighted by Crippen LogP contribution is -2.43. The van der Waals surface area contributed by atoms with Crippen LogP contribution in [0.25, 0.3) is 11.0 Å². The number of pyridine rings is 1. The number of nitrogens with two attached hydrogens (primary N) is 1. The number of benzene rings is 1. The first-order valence-corrected chi connectivity index (χ1v) is 9.09. The van der Waals surface area contributed by atoms with Crippen LogP contribution in [0.2, 0.25) is 0 Å². The van der Waals surface area contributed by atoms with Crippen molar-refractivity contribution in [2.75, 3.05) is 39.0 Å². The van der Waals surface area contributed by atoms with Crippen molar-refractivity contribution in [3.63, 3.8) is 0 Å². The molecular weight excluding hydrogens is 364 g/mol. The number of carbonyl (C=O) groups is 1. The standard InChI is InChI=1S/C20H21F2N5O/c1-26-4-6-27(7-5-26)11-12-8-13-14(10-25-20(13)24-9-12)19(28)17-15(21)2-3-16(23)18(17)22/h2-3,8-10H,4-7,11,23H2,1H3,(H,24,25). The number of nitrogens with zero attached hydrogens (tertiary/aromatic N) is 3. The third-order valence-corrected chi connectivity index (χ3v) is 5.18. The minimum absolute atomic E-state index is 0.172. The van der Waals surface area contributed by atoms with Crippen LogP contribution in [-0.4, -0.2) is 58.8 Å². The summed E-state index contributed by atoms with van der Waals surface area (Å²) in [5.74, 6) is -2.74. The molecule has 0 aliphatic carbocycles. The number of fused-ring (bicyclic) bond motifs is 1. The van der Waals surface area contributed by atoms with Crippen LogP contribution in [0.5, 0.6) is 0 Å². The largest absolute Gasteiger partial charge is 0.396 e. The summed E-state index contributed by atoms with van der Waals surface area (Å²) < 4.78 is 28.4. The Morgan fingerprint density at radius 2 is 2.00 bits per heavy atom. The molecule has 6 nitrogen and oxygen atoms in total. The molecule has 1 aromatic carbocycles. The summed E-state index contributed by atoms with van der Waals surface area (Å²) in [6, 6.07) is 3.95. The quantitative estimate of drug-likeness (QED) is 0.533. The molecule has 1 fully saturated rings.